The third kappa shape index (κ3) is 59.5. The zero-order valence-electron chi connectivity index (χ0n) is 66.8. The molecule has 8 aromatic rings. The fourth-order valence-electron chi connectivity index (χ4n) is 8.65. The van der Waals surface area contributed by atoms with Crippen LogP contribution in [-0.4, -0.2) is 88.2 Å². The third-order valence-corrected chi connectivity index (χ3v) is 40.9. The number of halogens is 16. The molecule has 0 aliphatic heterocycles. The molecule has 8 aromatic carbocycles. The molecular formula is C80H114Cl16N3P11. The van der Waals surface area contributed by atoms with Gasteiger partial charge >= 0.3 is 0 Å². The summed E-state index contributed by atoms with van der Waals surface area (Å²) in [5.41, 5.74) is 4.40. The summed E-state index contributed by atoms with van der Waals surface area (Å²) in [5, 5.41) is 9.80. The van der Waals surface area contributed by atoms with E-state index in [1.165, 1.54) is 48.5 Å². The molecule has 0 aliphatic carbocycles. The molecule has 8 rings (SSSR count). The topological polar surface area (TPSA) is 9.72 Å². The van der Waals surface area contributed by atoms with E-state index in [-0.39, 0.29) is 26.2 Å². The van der Waals surface area contributed by atoms with Crippen molar-refractivity contribution in [2.45, 2.75) is 152 Å². The first-order valence-corrected chi connectivity index (χ1v) is 65.1. The molecule has 0 radical (unpaired) electrons. The highest BCUT2D eigenvalue weighted by molar-refractivity contribution is 8.09. The average molecular weight is 2030 g/mol. The molecule has 0 spiro atoms. The molecule has 0 saturated carbocycles. The van der Waals surface area contributed by atoms with E-state index in [4.69, 9.17) is 180 Å². The van der Waals surface area contributed by atoms with Crippen LogP contribution in [0.15, 0.2) is 243 Å². The number of rotatable bonds is 20. The van der Waals surface area contributed by atoms with Gasteiger partial charge in [0, 0.05) is 49.6 Å². The van der Waals surface area contributed by atoms with Crippen LogP contribution >= 0.6 is 257 Å². The first-order chi connectivity index (χ1) is 51.5. The maximum Gasteiger partial charge on any atom is 0.160 e. The van der Waals surface area contributed by atoms with Crippen molar-refractivity contribution in [2.75, 3.05) is 46.2 Å². The Morgan fingerprint density at radius 3 is 0.836 bits per heavy atom. The molecule has 110 heavy (non-hydrogen) atoms. The van der Waals surface area contributed by atoms with Crippen LogP contribution in [-0.2, 0) is 6.16 Å². The molecule has 30 heteroatoms. The predicted molar refractivity (Wildman–Crippen MR) is 547 cm³/mol. The highest BCUT2D eigenvalue weighted by Gasteiger charge is 2.32. The largest absolute Gasteiger partial charge is 0.264 e. The minimum absolute atomic E-state index is 0.269. The van der Waals surface area contributed by atoms with E-state index >= 15 is 0 Å². The summed E-state index contributed by atoms with van der Waals surface area (Å²) in [5.74, 6) is 0. The van der Waals surface area contributed by atoms with E-state index in [1.807, 2.05) is 89.8 Å². The monoisotopic (exact) mass is 2020 g/mol. The second-order valence-electron chi connectivity index (χ2n) is 25.9. The van der Waals surface area contributed by atoms with Gasteiger partial charge in [0.25, 0.3) is 0 Å². The maximum atomic E-state index is 6.61. The van der Waals surface area contributed by atoms with Crippen LogP contribution in [0.4, 0.5) is 0 Å². The van der Waals surface area contributed by atoms with Gasteiger partial charge < -0.3 is 0 Å². The lowest BCUT2D eigenvalue weighted by Gasteiger charge is -2.35. The van der Waals surface area contributed by atoms with Gasteiger partial charge in [0.15, 0.2) is 20.3 Å². The summed E-state index contributed by atoms with van der Waals surface area (Å²) in [6.45, 7) is 37.7. The van der Waals surface area contributed by atoms with Crippen molar-refractivity contribution in [3.63, 3.8) is 0 Å². The van der Waals surface area contributed by atoms with Crippen molar-refractivity contribution >= 4 is 294 Å². The van der Waals surface area contributed by atoms with E-state index in [1.54, 1.807) is 11.3 Å². The van der Waals surface area contributed by atoms with Gasteiger partial charge in [0.2, 0.25) is 0 Å². The van der Waals surface area contributed by atoms with E-state index in [0.29, 0.717) is 17.7 Å². The number of allylic oxidation sites excluding steroid dienone is 1. The summed E-state index contributed by atoms with van der Waals surface area (Å²) in [6.07, 6.45) is 5.07. The SMILES string of the molecule is C=CCP(c1ccccc1)c1ccccc1.CC(C)(C)P(Cl)C(C)(C)C.CC(C)N(C(C)C)P(Cl)Cl.CC(C)P(Cl)Cl.CCN(CC)P(Cl)Cl.CCP(Cl)Cl.CN(C)P(Cl)Cl.CP(Cl)Cl.Cc1ccccc1P(Cl)c1ccccc1C.ClP(Cl)c1ccccc1.c1ccc(CP(c2ccccc2)c2ccccc2)cc1. The molecule has 3 nitrogen and oxygen atoms in total. The Morgan fingerprint density at radius 1 is 0.400 bits per heavy atom. The van der Waals surface area contributed by atoms with Crippen LogP contribution in [0.1, 0.15) is 121 Å². The van der Waals surface area contributed by atoms with Crippen molar-refractivity contribution in [3.05, 3.63) is 260 Å². The number of hydrogen-bond donors (Lipinski definition) is 0. The number of nitrogens with zero attached hydrogens (tertiary/aromatic N) is 3. The molecule has 0 unspecified atom stereocenters. The minimum atomic E-state index is -0.965. The van der Waals surface area contributed by atoms with Crippen LogP contribution in [0.25, 0.3) is 0 Å². The Morgan fingerprint density at radius 2 is 0.664 bits per heavy atom. The molecule has 0 atom stereocenters. The number of hydrogen-bond acceptors (Lipinski definition) is 3. The Hall–Kier alpha value is 2.75. The van der Waals surface area contributed by atoms with Gasteiger partial charge in [-0.25, -0.2) is 0 Å². The minimum Gasteiger partial charge on any atom is -0.264 e. The van der Waals surface area contributed by atoms with E-state index in [2.05, 4.69) is 295 Å². The quantitative estimate of drug-likeness (QED) is 0.0556. The van der Waals surface area contributed by atoms with E-state index in [9.17, 15) is 0 Å². The van der Waals surface area contributed by atoms with E-state index in [0.717, 1.165) is 36.9 Å². The van der Waals surface area contributed by atoms with Crippen molar-refractivity contribution in [1.29, 1.82) is 0 Å². The first-order valence-electron chi connectivity index (χ1n) is 34.9. The summed E-state index contributed by atoms with van der Waals surface area (Å²) >= 11 is 89.4. The lowest BCUT2D eigenvalue weighted by molar-refractivity contribution is 0.330. The highest BCUT2D eigenvalue weighted by Crippen LogP contribution is 2.63. The Kier molecular flexibility index (Phi) is 74.6. The van der Waals surface area contributed by atoms with Gasteiger partial charge in [-0.15, -0.1) is 6.58 Å². The standard InChI is InChI=1S/C19H17P.C15H15P.C14H14ClP.C8H18ClP.C6H14Cl2NP.C6H5Cl2P.C4H10Cl2NP.C3H7Cl2P.C2H6Cl2NP.C2H5Cl2P.CH3Cl2P/c1-4-10-17(11-5-1)16-20(18-12-6-2-7-13-18)19-14-8-3-9-15-19;1-2-13-16(14-9-5-3-6-10-14)15-11-7-4-8-12-15;1-11-7-3-5-9-13(11)16(15)14-10-6-4-8-12(14)2;1-7(2,3)10(9)8(4,5)6;1-5(2)9(6(3)4)10(7)8;7-9(8)6-4-2-1-3-5-6;1-3-7(4-2)8(5)6;1-3(2)6(4)5;1-5(2)6(3)4;1-2-5(3)4;1-4(2)3/h1-15H,16H2;2-12H,1,13H2;3-10H,1-2H3;1-6H3;5-6H,1-4H3;1-5H;3-4H2,1-2H3;3H,1-2H3;1-2H3;2H2,1H3;1H3. The van der Waals surface area contributed by atoms with Crippen molar-refractivity contribution in [1.82, 2.24) is 14.0 Å². The van der Waals surface area contributed by atoms with Gasteiger partial charge in [0.05, 0.1) is 27.2 Å². The molecule has 0 heterocycles. The first kappa shape index (κ1) is 117. The second kappa shape index (κ2) is 70.2. The van der Waals surface area contributed by atoms with Crippen molar-refractivity contribution < 1.29 is 0 Å². The molecule has 0 amide bonds. The van der Waals surface area contributed by atoms with Crippen LogP contribution in [0, 0.1) is 13.8 Å². The van der Waals surface area contributed by atoms with Gasteiger partial charge in [-0.2, -0.15) is 0 Å². The molecular weight excluding hydrogens is 1910 g/mol. The zero-order chi connectivity index (χ0) is 84.7. The molecule has 0 aliphatic rings. The van der Waals surface area contributed by atoms with Crippen molar-refractivity contribution in [2.24, 2.45) is 0 Å². The van der Waals surface area contributed by atoms with Gasteiger partial charge in [-0.3, -0.25) is 14.0 Å². The lowest BCUT2D eigenvalue weighted by Crippen LogP contribution is -2.29. The normalized spacial score (nSPS) is 11.1. The zero-order valence-corrected chi connectivity index (χ0v) is 88.7. The fraction of sp³-hybridized carbons (Fsp3) is 0.375. The molecule has 0 N–H and O–H groups in total. The van der Waals surface area contributed by atoms with E-state index < -0.39 is 61.4 Å². The smallest absolute Gasteiger partial charge is 0.160 e. The highest BCUT2D eigenvalue weighted by atomic mass is 35.9. The molecule has 0 bridgehead atoms. The molecule has 0 fully saturated rings. The number of benzene rings is 8. The van der Waals surface area contributed by atoms with Crippen molar-refractivity contribution in [3.8, 4) is 0 Å². The van der Waals surface area contributed by atoms with Gasteiger partial charge in [-0.05, 0) is 149 Å². The maximum absolute atomic E-state index is 6.61. The Bertz CT molecular complexity index is 3250. The predicted octanol–water partition coefficient (Wildman–Crippen LogP) is 36.3. The second-order valence-corrected chi connectivity index (χ2v) is 64.0. The molecule has 616 valence electrons. The average Bonchev–Trinajstić information content (AvgIpc) is 0.861. The van der Waals surface area contributed by atoms with Gasteiger partial charge in [-0.1, -0.05) is 493 Å². The van der Waals surface area contributed by atoms with Crippen LogP contribution < -0.4 is 37.1 Å². The lowest BCUT2D eigenvalue weighted by atomic mass is 10.2. The number of aryl methyl sites for hydroxylation is 2. The molecule has 0 saturated heterocycles. The Labute approximate surface area is 757 Å². The summed E-state index contributed by atoms with van der Waals surface area (Å²) in [7, 11) is 1.95. The van der Waals surface area contributed by atoms with Crippen LogP contribution in [0.5, 0.6) is 0 Å². The summed E-state index contributed by atoms with van der Waals surface area (Å²) in [6, 6.07) is 81.1. The fourth-order valence-corrected chi connectivity index (χ4v) is 23.2. The van der Waals surface area contributed by atoms with Crippen LogP contribution in [0.2, 0.25) is 0 Å². The molecule has 0 aromatic heterocycles. The summed E-state index contributed by atoms with van der Waals surface area (Å²) < 4.78 is 5.87. The van der Waals surface area contributed by atoms with Crippen LogP contribution in [0.3, 0.4) is 0 Å². The summed E-state index contributed by atoms with van der Waals surface area (Å²) in [4.78, 5) is 0. The third-order valence-electron chi connectivity index (χ3n) is 13.7. The Balaban J connectivity index is -0.00000118. The van der Waals surface area contributed by atoms with Gasteiger partial charge in [0.1, 0.15) is 6.63 Å².